The highest BCUT2D eigenvalue weighted by Gasteiger charge is 2.13. The van der Waals surface area contributed by atoms with E-state index >= 15 is 0 Å². The zero-order chi connectivity index (χ0) is 14.8. The Balaban J connectivity index is 2.02. The van der Waals surface area contributed by atoms with Crippen LogP contribution in [0, 0.1) is 6.92 Å². The summed E-state index contributed by atoms with van der Waals surface area (Å²) >= 11 is 5.06. The number of rotatable bonds is 3. The van der Waals surface area contributed by atoms with Crippen LogP contribution in [0.25, 0.3) is 22.0 Å². The SMILES string of the molecule is COc1cc(-c2nc(-c3ccc(Br)cc3)c(C)s2)ncn1. The Morgan fingerprint density at radius 3 is 2.62 bits per heavy atom. The molecule has 1 aromatic carbocycles. The number of nitrogens with zero attached hydrogens (tertiary/aromatic N) is 3. The molecule has 0 aliphatic heterocycles. The number of hydrogen-bond acceptors (Lipinski definition) is 5. The van der Waals surface area contributed by atoms with Gasteiger partial charge in [0.2, 0.25) is 5.88 Å². The fourth-order valence-electron chi connectivity index (χ4n) is 1.95. The summed E-state index contributed by atoms with van der Waals surface area (Å²) in [6.07, 6.45) is 1.49. The second kappa shape index (κ2) is 5.91. The summed E-state index contributed by atoms with van der Waals surface area (Å²) in [5, 5.41) is 0.867. The number of halogens is 1. The zero-order valence-corrected chi connectivity index (χ0v) is 13.9. The average molecular weight is 362 g/mol. The predicted molar refractivity (Wildman–Crippen MR) is 87.6 cm³/mol. The number of ether oxygens (including phenoxy) is 1. The molecule has 3 rings (SSSR count). The number of aryl methyl sites for hydroxylation is 1. The van der Waals surface area contributed by atoms with Crippen LogP contribution in [0.3, 0.4) is 0 Å². The van der Waals surface area contributed by atoms with Gasteiger partial charge < -0.3 is 4.74 Å². The molecule has 106 valence electrons. The average Bonchev–Trinajstić information content (AvgIpc) is 2.90. The molecule has 0 radical (unpaired) electrons. The molecule has 4 nitrogen and oxygen atoms in total. The Kier molecular flexibility index (Phi) is 3.98. The Morgan fingerprint density at radius 1 is 1.14 bits per heavy atom. The molecule has 0 spiro atoms. The highest BCUT2D eigenvalue weighted by molar-refractivity contribution is 9.10. The van der Waals surface area contributed by atoms with Gasteiger partial charge in [0, 0.05) is 21.0 Å². The van der Waals surface area contributed by atoms with Gasteiger partial charge in [0.15, 0.2) is 0 Å². The largest absolute Gasteiger partial charge is 0.481 e. The third-order valence-electron chi connectivity index (χ3n) is 2.98. The van der Waals surface area contributed by atoms with Gasteiger partial charge in [0.1, 0.15) is 17.0 Å². The molecule has 2 heterocycles. The van der Waals surface area contributed by atoms with Gasteiger partial charge in [0.25, 0.3) is 0 Å². The van der Waals surface area contributed by atoms with Crippen molar-refractivity contribution in [1.29, 1.82) is 0 Å². The van der Waals surface area contributed by atoms with Gasteiger partial charge in [-0.2, -0.15) is 0 Å². The van der Waals surface area contributed by atoms with Crippen molar-refractivity contribution < 1.29 is 4.74 Å². The lowest BCUT2D eigenvalue weighted by atomic mass is 10.1. The lowest BCUT2D eigenvalue weighted by Crippen LogP contribution is -1.90. The van der Waals surface area contributed by atoms with E-state index in [0.29, 0.717) is 5.88 Å². The van der Waals surface area contributed by atoms with Gasteiger partial charge in [-0.3, -0.25) is 0 Å². The second-order valence-corrected chi connectivity index (χ2v) is 6.50. The van der Waals surface area contributed by atoms with Crippen molar-refractivity contribution in [2.24, 2.45) is 0 Å². The van der Waals surface area contributed by atoms with Gasteiger partial charge in [-0.05, 0) is 19.1 Å². The summed E-state index contributed by atoms with van der Waals surface area (Å²) < 4.78 is 6.19. The van der Waals surface area contributed by atoms with E-state index in [1.807, 2.05) is 12.1 Å². The van der Waals surface area contributed by atoms with Crippen LogP contribution < -0.4 is 4.74 Å². The quantitative estimate of drug-likeness (QED) is 0.695. The van der Waals surface area contributed by atoms with E-state index < -0.39 is 0 Å². The first-order chi connectivity index (χ1) is 10.2. The maximum Gasteiger partial charge on any atom is 0.216 e. The number of hydrogen-bond donors (Lipinski definition) is 0. The van der Waals surface area contributed by atoms with Crippen LogP contribution >= 0.6 is 27.3 Å². The first-order valence-corrected chi connectivity index (χ1v) is 7.88. The van der Waals surface area contributed by atoms with E-state index in [1.165, 1.54) is 6.33 Å². The summed E-state index contributed by atoms with van der Waals surface area (Å²) in [5.41, 5.74) is 2.86. The van der Waals surface area contributed by atoms with Crippen molar-refractivity contribution in [3.8, 4) is 27.8 Å². The Bertz CT molecular complexity index is 771. The minimum atomic E-state index is 0.540. The fraction of sp³-hybridized carbons (Fsp3) is 0.133. The minimum absolute atomic E-state index is 0.540. The van der Waals surface area contributed by atoms with Crippen LogP contribution in [0.15, 0.2) is 41.1 Å². The van der Waals surface area contributed by atoms with E-state index in [1.54, 1.807) is 24.5 Å². The van der Waals surface area contributed by atoms with Crippen LogP contribution in [0.1, 0.15) is 4.88 Å². The second-order valence-electron chi connectivity index (χ2n) is 4.38. The first kappa shape index (κ1) is 14.2. The van der Waals surface area contributed by atoms with E-state index in [-0.39, 0.29) is 0 Å². The third kappa shape index (κ3) is 2.96. The molecule has 0 aliphatic rings. The summed E-state index contributed by atoms with van der Waals surface area (Å²) in [4.78, 5) is 14.2. The van der Waals surface area contributed by atoms with Crippen LogP contribution in [-0.4, -0.2) is 22.1 Å². The molecule has 0 unspecified atom stereocenters. The zero-order valence-electron chi connectivity index (χ0n) is 11.5. The van der Waals surface area contributed by atoms with Crippen molar-refractivity contribution >= 4 is 27.3 Å². The minimum Gasteiger partial charge on any atom is -0.481 e. The first-order valence-electron chi connectivity index (χ1n) is 6.27. The molecule has 0 bridgehead atoms. The number of methoxy groups -OCH3 is 1. The topological polar surface area (TPSA) is 47.9 Å². The van der Waals surface area contributed by atoms with E-state index in [4.69, 9.17) is 9.72 Å². The lowest BCUT2D eigenvalue weighted by molar-refractivity contribution is 0.397. The van der Waals surface area contributed by atoms with Crippen LogP contribution in [0.5, 0.6) is 5.88 Å². The van der Waals surface area contributed by atoms with E-state index in [0.717, 1.165) is 31.3 Å². The molecule has 2 aromatic heterocycles. The lowest BCUT2D eigenvalue weighted by Gasteiger charge is -1.99. The van der Waals surface area contributed by atoms with Gasteiger partial charge >= 0.3 is 0 Å². The molecule has 0 atom stereocenters. The Hall–Kier alpha value is -1.79. The van der Waals surface area contributed by atoms with Crippen molar-refractivity contribution in [2.45, 2.75) is 6.92 Å². The number of benzene rings is 1. The highest BCUT2D eigenvalue weighted by atomic mass is 79.9. The molecule has 0 N–H and O–H groups in total. The molecule has 21 heavy (non-hydrogen) atoms. The van der Waals surface area contributed by atoms with Crippen LogP contribution in [0.2, 0.25) is 0 Å². The molecule has 3 aromatic rings. The molecule has 6 heteroatoms. The van der Waals surface area contributed by atoms with Gasteiger partial charge in [-0.1, -0.05) is 28.1 Å². The summed E-state index contributed by atoms with van der Waals surface area (Å²) in [7, 11) is 1.59. The fourth-order valence-corrected chi connectivity index (χ4v) is 3.12. The Morgan fingerprint density at radius 2 is 1.90 bits per heavy atom. The van der Waals surface area contributed by atoms with Gasteiger partial charge in [-0.15, -0.1) is 11.3 Å². The molecule has 0 amide bonds. The van der Waals surface area contributed by atoms with E-state index in [2.05, 4.69) is 45.0 Å². The van der Waals surface area contributed by atoms with Crippen LogP contribution in [0.4, 0.5) is 0 Å². The smallest absolute Gasteiger partial charge is 0.216 e. The molecule has 0 saturated carbocycles. The monoisotopic (exact) mass is 361 g/mol. The van der Waals surface area contributed by atoms with E-state index in [9.17, 15) is 0 Å². The standard InChI is InChI=1S/C15H12BrN3OS/c1-9-14(10-3-5-11(16)6-4-10)19-15(21-9)12-7-13(20-2)18-8-17-12/h3-8H,1-2H3. The third-order valence-corrected chi connectivity index (χ3v) is 4.51. The number of aromatic nitrogens is 3. The predicted octanol–water partition coefficient (Wildman–Crippen LogP) is 4.35. The molecule has 0 saturated heterocycles. The van der Waals surface area contributed by atoms with Crippen molar-refractivity contribution in [2.75, 3.05) is 7.11 Å². The number of thiazole rings is 1. The highest BCUT2D eigenvalue weighted by Crippen LogP contribution is 2.33. The maximum atomic E-state index is 5.13. The molecule has 0 fully saturated rings. The Labute approximate surface area is 135 Å². The maximum absolute atomic E-state index is 5.13. The van der Waals surface area contributed by atoms with Crippen LogP contribution in [-0.2, 0) is 0 Å². The van der Waals surface area contributed by atoms with Gasteiger partial charge in [-0.25, -0.2) is 15.0 Å². The normalized spacial score (nSPS) is 10.6. The summed E-state index contributed by atoms with van der Waals surface area (Å²) in [6, 6.07) is 9.93. The van der Waals surface area contributed by atoms with Gasteiger partial charge in [0.05, 0.1) is 12.8 Å². The molecular formula is C15H12BrN3OS. The van der Waals surface area contributed by atoms with Crippen molar-refractivity contribution in [1.82, 2.24) is 15.0 Å². The van der Waals surface area contributed by atoms with Crippen molar-refractivity contribution in [3.05, 3.63) is 46.0 Å². The molecular weight excluding hydrogens is 350 g/mol. The summed E-state index contributed by atoms with van der Waals surface area (Å²) in [6.45, 7) is 2.07. The summed E-state index contributed by atoms with van der Waals surface area (Å²) in [5.74, 6) is 0.540. The van der Waals surface area contributed by atoms with Crippen molar-refractivity contribution in [3.63, 3.8) is 0 Å². The molecule has 0 aliphatic carbocycles.